The van der Waals surface area contributed by atoms with Gasteiger partial charge in [0.1, 0.15) is 0 Å². The van der Waals surface area contributed by atoms with Gasteiger partial charge in [-0.25, -0.2) is 0 Å². The number of nitrogens with zero attached hydrogens (tertiary/aromatic N) is 1. The Morgan fingerprint density at radius 2 is 2.33 bits per heavy atom. The third kappa shape index (κ3) is 2.82. The molecule has 0 bridgehead atoms. The fraction of sp³-hybridized carbons (Fsp3) is 0.500. The van der Waals surface area contributed by atoms with Gasteiger partial charge in [-0.2, -0.15) is 0 Å². The van der Waals surface area contributed by atoms with Crippen molar-refractivity contribution in [1.29, 1.82) is 0 Å². The van der Waals surface area contributed by atoms with Gasteiger partial charge in [0.25, 0.3) is 5.91 Å². The molecular weight excluding hydrogens is 226 g/mol. The fourth-order valence-electron chi connectivity index (χ4n) is 2.43. The lowest BCUT2D eigenvalue weighted by molar-refractivity contribution is 0.0944. The zero-order valence-electron chi connectivity index (χ0n) is 11.1. The van der Waals surface area contributed by atoms with Gasteiger partial charge in [0.2, 0.25) is 0 Å². The van der Waals surface area contributed by atoms with E-state index in [1.165, 1.54) is 6.42 Å². The SMILES string of the molecule is Cc1ccc(C(=O)NCC2CCCN2C)c(N)c1. The molecule has 0 spiro atoms. The summed E-state index contributed by atoms with van der Waals surface area (Å²) in [5, 5.41) is 2.97. The highest BCUT2D eigenvalue weighted by Crippen LogP contribution is 2.15. The number of nitrogen functional groups attached to an aromatic ring is 1. The van der Waals surface area contributed by atoms with Crippen molar-refractivity contribution in [3.8, 4) is 0 Å². The van der Waals surface area contributed by atoms with Gasteiger partial charge in [-0.15, -0.1) is 0 Å². The minimum absolute atomic E-state index is 0.0761. The van der Waals surface area contributed by atoms with Crippen molar-refractivity contribution in [2.75, 3.05) is 25.9 Å². The van der Waals surface area contributed by atoms with Crippen LogP contribution in [-0.2, 0) is 0 Å². The minimum atomic E-state index is -0.0761. The van der Waals surface area contributed by atoms with Crippen molar-refractivity contribution in [3.63, 3.8) is 0 Å². The Labute approximate surface area is 108 Å². The molecule has 2 rings (SSSR count). The Morgan fingerprint density at radius 3 is 2.94 bits per heavy atom. The van der Waals surface area contributed by atoms with Crippen LogP contribution in [0.2, 0.25) is 0 Å². The Bertz CT molecular complexity index is 445. The molecule has 4 nitrogen and oxygen atoms in total. The Hall–Kier alpha value is -1.55. The number of aryl methyl sites for hydroxylation is 1. The van der Waals surface area contributed by atoms with Gasteiger partial charge in [0.05, 0.1) is 5.56 Å². The zero-order valence-corrected chi connectivity index (χ0v) is 11.1. The molecule has 0 radical (unpaired) electrons. The molecule has 1 heterocycles. The van der Waals surface area contributed by atoms with Crippen molar-refractivity contribution in [3.05, 3.63) is 29.3 Å². The molecular formula is C14H21N3O. The molecule has 1 aliphatic heterocycles. The van der Waals surface area contributed by atoms with Gasteiger partial charge in [0.15, 0.2) is 0 Å². The molecule has 1 aliphatic rings. The van der Waals surface area contributed by atoms with Crippen LogP contribution in [0.4, 0.5) is 5.69 Å². The maximum Gasteiger partial charge on any atom is 0.253 e. The predicted molar refractivity (Wildman–Crippen MR) is 73.6 cm³/mol. The summed E-state index contributed by atoms with van der Waals surface area (Å²) in [5.74, 6) is -0.0761. The summed E-state index contributed by atoms with van der Waals surface area (Å²) in [7, 11) is 2.10. The maximum atomic E-state index is 12.0. The van der Waals surface area contributed by atoms with Gasteiger partial charge in [-0.3, -0.25) is 4.79 Å². The van der Waals surface area contributed by atoms with Gasteiger partial charge in [-0.1, -0.05) is 6.07 Å². The first-order chi connectivity index (χ1) is 8.58. The predicted octanol–water partition coefficient (Wildman–Crippen LogP) is 1.40. The second-order valence-electron chi connectivity index (χ2n) is 5.08. The van der Waals surface area contributed by atoms with Gasteiger partial charge >= 0.3 is 0 Å². The normalized spacial score (nSPS) is 20.0. The van der Waals surface area contributed by atoms with Crippen molar-refractivity contribution < 1.29 is 4.79 Å². The van der Waals surface area contributed by atoms with Crippen molar-refractivity contribution in [2.24, 2.45) is 0 Å². The average molecular weight is 247 g/mol. The molecule has 0 saturated carbocycles. The van der Waals surface area contributed by atoms with Crippen LogP contribution in [0.3, 0.4) is 0 Å². The number of hydrogen-bond donors (Lipinski definition) is 2. The van der Waals surface area contributed by atoms with Gasteiger partial charge < -0.3 is 16.0 Å². The number of likely N-dealkylation sites (tertiary alicyclic amines) is 1. The zero-order chi connectivity index (χ0) is 13.1. The number of amides is 1. The molecule has 4 heteroatoms. The minimum Gasteiger partial charge on any atom is -0.398 e. The van der Waals surface area contributed by atoms with Crippen LogP contribution < -0.4 is 11.1 Å². The molecule has 3 N–H and O–H groups in total. The maximum absolute atomic E-state index is 12.0. The highest BCUT2D eigenvalue weighted by Gasteiger charge is 2.21. The van der Waals surface area contributed by atoms with Gasteiger partial charge in [0, 0.05) is 18.3 Å². The van der Waals surface area contributed by atoms with E-state index < -0.39 is 0 Å². The molecule has 18 heavy (non-hydrogen) atoms. The van der Waals surface area contributed by atoms with E-state index in [2.05, 4.69) is 17.3 Å². The molecule has 1 fully saturated rings. The number of nitrogens with two attached hydrogens (primary N) is 1. The van der Waals surface area contributed by atoms with Crippen molar-refractivity contribution in [1.82, 2.24) is 10.2 Å². The molecule has 0 aliphatic carbocycles. The lowest BCUT2D eigenvalue weighted by Crippen LogP contribution is -2.38. The number of hydrogen-bond acceptors (Lipinski definition) is 3. The highest BCUT2D eigenvalue weighted by atomic mass is 16.1. The summed E-state index contributed by atoms with van der Waals surface area (Å²) in [5.41, 5.74) is 8.05. The Morgan fingerprint density at radius 1 is 1.56 bits per heavy atom. The average Bonchev–Trinajstić information content (AvgIpc) is 2.72. The number of rotatable bonds is 3. The topological polar surface area (TPSA) is 58.4 Å². The molecule has 1 aromatic carbocycles. The van der Waals surface area contributed by atoms with E-state index in [4.69, 9.17) is 5.73 Å². The second-order valence-corrected chi connectivity index (χ2v) is 5.08. The molecule has 1 saturated heterocycles. The standard InChI is InChI=1S/C14H21N3O/c1-10-5-6-12(13(15)8-10)14(18)16-9-11-4-3-7-17(11)2/h5-6,8,11H,3-4,7,9,15H2,1-2H3,(H,16,18). The largest absolute Gasteiger partial charge is 0.398 e. The molecule has 1 atom stereocenters. The van der Waals surface area contributed by atoms with E-state index in [0.29, 0.717) is 23.8 Å². The summed E-state index contributed by atoms with van der Waals surface area (Å²) >= 11 is 0. The van der Waals surface area contributed by atoms with Crippen molar-refractivity contribution in [2.45, 2.75) is 25.8 Å². The van der Waals surface area contributed by atoms with Crippen LogP contribution in [-0.4, -0.2) is 37.0 Å². The van der Waals surface area contributed by atoms with Crippen LogP contribution in [0, 0.1) is 6.92 Å². The number of likely N-dealkylation sites (N-methyl/N-ethyl adjacent to an activating group) is 1. The first kappa shape index (κ1) is 12.9. The number of benzene rings is 1. The van der Waals surface area contributed by atoms with Crippen LogP contribution in [0.1, 0.15) is 28.8 Å². The summed E-state index contributed by atoms with van der Waals surface area (Å²) in [6.07, 6.45) is 2.36. The second kappa shape index (κ2) is 5.40. The highest BCUT2D eigenvalue weighted by molar-refractivity contribution is 5.99. The van der Waals surface area contributed by atoms with Crippen LogP contribution in [0.15, 0.2) is 18.2 Å². The summed E-state index contributed by atoms with van der Waals surface area (Å²) in [6, 6.07) is 5.99. The number of carbonyl (C=O) groups is 1. The Balaban J connectivity index is 1.95. The van der Waals surface area contributed by atoms with E-state index >= 15 is 0 Å². The summed E-state index contributed by atoms with van der Waals surface area (Å²) in [6.45, 7) is 3.78. The molecule has 1 aromatic rings. The number of carbonyl (C=O) groups excluding carboxylic acids is 1. The Kier molecular flexibility index (Phi) is 3.87. The van der Waals surface area contributed by atoms with E-state index in [1.807, 2.05) is 19.1 Å². The lowest BCUT2D eigenvalue weighted by atomic mass is 10.1. The first-order valence-corrected chi connectivity index (χ1v) is 6.42. The smallest absolute Gasteiger partial charge is 0.253 e. The summed E-state index contributed by atoms with van der Waals surface area (Å²) < 4.78 is 0. The molecule has 0 aromatic heterocycles. The van der Waals surface area contributed by atoms with Crippen LogP contribution in [0.5, 0.6) is 0 Å². The van der Waals surface area contributed by atoms with E-state index in [0.717, 1.165) is 18.5 Å². The first-order valence-electron chi connectivity index (χ1n) is 6.42. The third-order valence-corrected chi connectivity index (χ3v) is 3.62. The van der Waals surface area contributed by atoms with Crippen molar-refractivity contribution >= 4 is 11.6 Å². The van der Waals surface area contributed by atoms with Crippen LogP contribution >= 0.6 is 0 Å². The quantitative estimate of drug-likeness (QED) is 0.794. The lowest BCUT2D eigenvalue weighted by Gasteiger charge is -2.19. The molecule has 1 unspecified atom stereocenters. The molecule has 98 valence electrons. The van der Waals surface area contributed by atoms with E-state index in [1.54, 1.807) is 6.07 Å². The number of nitrogens with one attached hydrogen (secondary N) is 1. The monoisotopic (exact) mass is 247 g/mol. The van der Waals surface area contributed by atoms with E-state index in [-0.39, 0.29) is 5.91 Å². The number of anilines is 1. The van der Waals surface area contributed by atoms with Gasteiger partial charge in [-0.05, 0) is 51.1 Å². The summed E-state index contributed by atoms with van der Waals surface area (Å²) in [4.78, 5) is 14.3. The molecule has 1 amide bonds. The van der Waals surface area contributed by atoms with E-state index in [9.17, 15) is 4.79 Å². The fourth-order valence-corrected chi connectivity index (χ4v) is 2.43. The third-order valence-electron chi connectivity index (χ3n) is 3.62. The van der Waals surface area contributed by atoms with Crippen LogP contribution in [0.25, 0.3) is 0 Å².